The molecule has 2 aromatic heterocycles. The highest BCUT2D eigenvalue weighted by Gasteiger charge is 2.29. The highest BCUT2D eigenvalue weighted by Crippen LogP contribution is 2.43. The molecule has 4 amide bonds. The summed E-state index contributed by atoms with van der Waals surface area (Å²) in [5, 5.41) is 13.2. The fourth-order valence-corrected chi connectivity index (χ4v) is 6.98. The molecule has 4 heterocycles. The zero-order valence-electron chi connectivity index (χ0n) is 29.4. The monoisotopic (exact) mass is 725 g/mol. The van der Waals surface area contributed by atoms with Crippen LogP contribution >= 0.6 is 11.3 Å². The van der Waals surface area contributed by atoms with Crippen LogP contribution in [0.25, 0.3) is 21.6 Å². The number of amides is 4. The Kier molecular flexibility index (Phi) is 10.3. The molecule has 6 rings (SSSR count). The molecular weight excluding hydrogens is 687 g/mol. The van der Waals surface area contributed by atoms with Gasteiger partial charge >= 0.3 is 12.1 Å². The number of benzene rings is 2. The minimum absolute atomic E-state index is 0.0550. The minimum Gasteiger partial charge on any atom is -0.493 e. The zero-order valence-corrected chi connectivity index (χ0v) is 30.2. The lowest BCUT2D eigenvalue weighted by Gasteiger charge is -2.20. The molecule has 0 aliphatic carbocycles. The average Bonchev–Trinajstić information content (AvgIpc) is 3.70. The molecular formula is C38H39N5O8S. The maximum absolute atomic E-state index is 14.3. The fraction of sp³-hybridized carbons (Fsp3) is 0.316. The van der Waals surface area contributed by atoms with E-state index in [0.717, 1.165) is 27.1 Å². The molecule has 52 heavy (non-hydrogen) atoms. The van der Waals surface area contributed by atoms with Crippen molar-refractivity contribution >= 4 is 46.8 Å². The van der Waals surface area contributed by atoms with E-state index in [-0.39, 0.29) is 47.9 Å². The van der Waals surface area contributed by atoms with Crippen LogP contribution in [0.4, 0.5) is 10.5 Å². The molecule has 0 radical (unpaired) electrons. The predicted molar refractivity (Wildman–Crippen MR) is 195 cm³/mol. The van der Waals surface area contributed by atoms with Gasteiger partial charge in [0, 0.05) is 58.7 Å². The first-order valence-corrected chi connectivity index (χ1v) is 17.6. The number of esters is 1. The first-order chi connectivity index (χ1) is 24.8. The lowest BCUT2D eigenvalue weighted by Crippen LogP contribution is -2.36. The second-order valence-electron chi connectivity index (χ2n) is 13.5. The molecule has 2 aromatic carbocycles. The minimum atomic E-state index is -0.809. The second kappa shape index (κ2) is 14.8. The van der Waals surface area contributed by atoms with Gasteiger partial charge in [-0.25, -0.2) is 14.6 Å². The molecule has 0 spiro atoms. The Labute approximate surface area is 304 Å². The molecule has 2 aliphatic rings. The summed E-state index contributed by atoms with van der Waals surface area (Å²) in [6.45, 7) is 8.14. The van der Waals surface area contributed by atoms with Gasteiger partial charge in [-0.2, -0.15) is 0 Å². The largest absolute Gasteiger partial charge is 0.493 e. The van der Waals surface area contributed by atoms with Gasteiger partial charge < -0.3 is 35.5 Å². The van der Waals surface area contributed by atoms with Gasteiger partial charge in [0.25, 0.3) is 11.8 Å². The van der Waals surface area contributed by atoms with Gasteiger partial charge in [0.05, 0.1) is 19.8 Å². The molecule has 14 heteroatoms. The van der Waals surface area contributed by atoms with Crippen molar-refractivity contribution in [3.63, 3.8) is 0 Å². The van der Waals surface area contributed by atoms with Crippen LogP contribution in [0.15, 0.2) is 53.9 Å². The van der Waals surface area contributed by atoms with Crippen LogP contribution in [0.3, 0.4) is 0 Å². The number of ether oxygens (including phenoxy) is 3. The Balaban J connectivity index is 1.36. The zero-order chi connectivity index (χ0) is 37.2. The van der Waals surface area contributed by atoms with Crippen LogP contribution in [0.2, 0.25) is 0 Å². The van der Waals surface area contributed by atoms with E-state index in [1.165, 1.54) is 13.2 Å². The van der Waals surface area contributed by atoms with Gasteiger partial charge in [0.1, 0.15) is 17.0 Å². The van der Waals surface area contributed by atoms with Crippen molar-refractivity contribution < 1.29 is 38.2 Å². The number of nitrogens with zero attached hydrogens (tertiary/aromatic N) is 1. The van der Waals surface area contributed by atoms with Crippen molar-refractivity contribution in [1.29, 1.82) is 0 Å². The topological polar surface area (TPSA) is 174 Å². The molecule has 1 saturated heterocycles. The van der Waals surface area contributed by atoms with Crippen LogP contribution in [0, 0.1) is 6.92 Å². The summed E-state index contributed by atoms with van der Waals surface area (Å²) in [6, 6.07) is 13.5. The number of nitrogens with one attached hydrogen (secondary N) is 4. The van der Waals surface area contributed by atoms with Gasteiger partial charge in [0.15, 0.2) is 5.69 Å². The average molecular weight is 726 g/mol. The number of hydrogen-bond acceptors (Lipinski definition) is 10. The SMILES string of the molecule is COC(=O)c1nc(C(=O)NC2CNC(=O)C2)ccc1-c1cc2c(cc1C(=O)Nc1ccc(CNC(=O)OC(C)(C)C)cc1C)-c1sccc1CCO2. The van der Waals surface area contributed by atoms with E-state index in [0.29, 0.717) is 30.0 Å². The van der Waals surface area contributed by atoms with E-state index in [1.807, 2.05) is 24.4 Å². The molecule has 0 saturated carbocycles. The van der Waals surface area contributed by atoms with E-state index in [4.69, 9.17) is 14.2 Å². The smallest absolute Gasteiger partial charge is 0.407 e. The fourth-order valence-electron chi connectivity index (χ4n) is 6.00. The van der Waals surface area contributed by atoms with E-state index in [2.05, 4.69) is 26.3 Å². The van der Waals surface area contributed by atoms with Crippen LogP contribution in [0.5, 0.6) is 5.75 Å². The third-order valence-corrected chi connectivity index (χ3v) is 9.46. The standard InChI is InChI=1S/C38H39N5O8S/c1-20-14-21(18-40-37(48)51-38(2,3)4)6-8-28(20)43-34(45)26-16-27-30(50-12-10-22-11-13-52-33(22)27)17-25(26)24-7-9-29(42-32(24)36(47)49-5)35(46)41-23-15-31(44)39-19-23/h6-9,11,13-14,16-17,23H,10,12,15,18-19H2,1-5H3,(H,39,44)(H,40,48)(H,41,46)(H,43,45). The Morgan fingerprint density at radius 1 is 1.02 bits per heavy atom. The molecule has 1 unspecified atom stereocenters. The number of anilines is 1. The maximum atomic E-state index is 14.3. The summed E-state index contributed by atoms with van der Waals surface area (Å²) in [4.78, 5) is 69.9. The molecule has 1 atom stereocenters. The van der Waals surface area contributed by atoms with Crippen molar-refractivity contribution in [3.8, 4) is 27.3 Å². The van der Waals surface area contributed by atoms with Gasteiger partial charge in [-0.05, 0) is 86.2 Å². The van der Waals surface area contributed by atoms with Gasteiger partial charge in [-0.1, -0.05) is 12.1 Å². The second-order valence-corrected chi connectivity index (χ2v) is 14.4. The number of aryl methyl sites for hydroxylation is 1. The molecule has 4 N–H and O–H groups in total. The van der Waals surface area contributed by atoms with Crippen molar-refractivity contribution in [1.82, 2.24) is 20.9 Å². The van der Waals surface area contributed by atoms with Crippen molar-refractivity contribution in [3.05, 3.63) is 87.6 Å². The summed E-state index contributed by atoms with van der Waals surface area (Å²) in [7, 11) is 1.21. The highest BCUT2D eigenvalue weighted by molar-refractivity contribution is 7.13. The number of pyridine rings is 1. The number of carbonyl (C=O) groups is 5. The summed E-state index contributed by atoms with van der Waals surface area (Å²) in [5.74, 6) is -1.47. The number of carbonyl (C=O) groups excluding carboxylic acids is 5. The Morgan fingerprint density at radius 2 is 1.83 bits per heavy atom. The first kappa shape index (κ1) is 36.0. The summed E-state index contributed by atoms with van der Waals surface area (Å²) < 4.78 is 16.6. The quantitative estimate of drug-likeness (QED) is 0.173. The molecule has 1 fully saturated rings. The highest BCUT2D eigenvalue weighted by atomic mass is 32.1. The van der Waals surface area contributed by atoms with Crippen LogP contribution < -0.4 is 26.0 Å². The number of rotatable bonds is 8. The number of alkyl carbamates (subject to hydrolysis) is 1. The lowest BCUT2D eigenvalue weighted by atomic mass is 9.93. The summed E-state index contributed by atoms with van der Waals surface area (Å²) >= 11 is 1.54. The van der Waals surface area contributed by atoms with Gasteiger partial charge in [-0.15, -0.1) is 11.3 Å². The number of fused-ring (bicyclic) bond motifs is 3. The van der Waals surface area contributed by atoms with Crippen molar-refractivity contribution in [2.24, 2.45) is 0 Å². The third kappa shape index (κ3) is 8.07. The number of hydrogen-bond donors (Lipinski definition) is 4. The molecule has 0 bridgehead atoms. The van der Waals surface area contributed by atoms with Gasteiger partial charge in [0.2, 0.25) is 5.91 Å². The van der Waals surface area contributed by atoms with E-state index < -0.39 is 35.5 Å². The number of thiophene rings is 1. The Morgan fingerprint density at radius 3 is 2.54 bits per heavy atom. The predicted octanol–water partition coefficient (Wildman–Crippen LogP) is 5.40. The molecule has 4 aromatic rings. The molecule has 270 valence electrons. The normalized spacial score (nSPS) is 14.9. The maximum Gasteiger partial charge on any atom is 0.407 e. The third-order valence-electron chi connectivity index (χ3n) is 8.47. The van der Waals surface area contributed by atoms with Crippen LogP contribution in [0.1, 0.15) is 75.2 Å². The van der Waals surface area contributed by atoms with Crippen LogP contribution in [-0.4, -0.2) is 66.7 Å². The van der Waals surface area contributed by atoms with Gasteiger partial charge in [-0.3, -0.25) is 14.4 Å². The van der Waals surface area contributed by atoms with Crippen molar-refractivity contribution in [2.45, 2.75) is 58.7 Å². The van der Waals surface area contributed by atoms with Crippen molar-refractivity contribution in [2.75, 3.05) is 25.6 Å². The first-order valence-electron chi connectivity index (χ1n) is 16.7. The Bertz CT molecular complexity index is 2090. The number of methoxy groups -OCH3 is 1. The van der Waals surface area contributed by atoms with E-state index >= 15 is 0 Å². The summed E-state index contributed by atoms with van der Waals surface area (Å²) in [6.07, 6.45) is 0.283. The van der Waals surface area contributed by atoms with E-state index in [9.17, 15) is 24.0 Å². The van der Waals surface area contributed by atoms with E-state index in [1.54, 1.807) is 62.4 Å². The number of aromatic nitrogens is 1. The molecule has 13 nitrogen and oxygen atoms in total. The van der Waals surface area contributed by atoms with Crippen LogP contribution in [-0.2, 0) is 27.2 Å². The Hall–Kier alpha value is -5.76. The summed E-state index contributed by atoms with van der Waals surface area (Å²) in [5.41, 5.74) is 3.92. The lowest BCUT2D eigenvalue weighted by molar-refractivity contribution is -0.119. The molecule has 2 aliphatic heterocycles.